The van der Waals surface area contributed by atoms with Crippen molar-refractivity contribution in [3.63, 3.8) is 0 Å². The number of hydrogen-bond donors (Lipinski definition) is 1. The predicted octanol–water partition coefficient (Wildman–Crippen LogP) is 4.68. The molecule has 0 spiro atoms. The van der Waals surface area contributed by atoms with Crippen molar-refractivity contribution in [2.24, 2.45) is 5.92 Å². The lowest BCUT2D eigenvalue weighted by molar-refractivity contribution is 0.552. The monoisotopic (exact) mass is 288 g/mol. The van der Waals surface area contributed by atoms with Gasteiger partial charge >= 0.3 is 0 Å². The zero-order chi connectivity index (χ0) is 14.5. The van der Waals surface area contributed by atoms with Crippen LogP contribution in [0, 0.1) is 5.92 Å². The van der Waals surface area contributed by atoms with Crippen LogP contribution in [0.5, 0.6) is 0 Å². The Labute approximate surface area is 126 Å². The van der Waals surface area contributed by atoms with Gasteiger partial charge in [0, 0.05) is 17.0 Å². The first-order valence-electron chi connectivity index (χ1n) is 7.33. The summed E-state index contributed by atoms with van der Waals surface area (Å²) in [5, 5.41) is 4.67. The number of hydrogen-bond acceptors (Lipinski definition) is 3. The van der Waals surface area contributed by atoms with Crippen LogP contribution >= 0.6 is 11.3 Å². The molecule has 2 aromatic rings. The van der Waals surface area contributed by atoms with E-state index in [0.29, 0.717) is 11.8 Å². The Morgan fingerprint density at radius 2 is 1.80 bits per heavy atom. The van der Waals surface area contributed by atoms with Crippen molar-refractivity contribution in [1.82, 2.24) is 10.3 Å². The first-order valence-corrected chi connectivity index (χ1v) is 8.15. The molecule has 1 aromatic carbocycles. The van der Waals surface area contributed by atoms with Crippen LogP contribution in [0.1, 0.15) is 44.2 Å². The molecule has 0 saturated carbocycles. The molecule has 0 radical (unpaired) electrons. The predicted molar refractivity (Wildman–Crippen MR) is 88.2 cm³/mol. The van der Waals surface area contributed by atoms with E-state index in [2.05, 4.69) is 57.3 Å². The van der Waals surface area contributed by atoms with E-state index in [9.17, 15) is 0 Å². The molecule has 3 heteroatoms. The number of aromatic nitrogens is 1. The Balaban J connectivity index is 2.20. The van der Waals surface area contributed by atoms with Crippen LogP contribution in [-0.4, -0.2) is 11.5 Å². The van der Waals surface area contributed by atoms with Crippen LogP contribution in [-0.2, 0) is 6.54 Å². The van der Waals surface area contributed by atoms with Crippen molar-refractivity contribution < 1.29 is 0 Å². The molecule has 0 aliphatic heterocycles. The number of thiazole rings is 1. The first kappa shape index (κ1) is 15.2. The second-order valence-corrected chi connectivity index (χ2v) is 6.96. The molecule has 0 saturated heterocycles. The number of rotatable bonds is 6. The zero-order valence-corrected chi connectivity index (χ0v) is 13.6. The number of nitrogens with one attached hydrogen (secondary N) is 1. The smallest absolute Gasteiger partial charge is 0.123 e. The summed E-state index contributed by atoms with van der Waals surface area (Å²) < 4.78 is 0. The maximum absolute atomic E-state index is 4.86. The first-order chi connectivity index (χ1) is 9.58. The second kappa shape index (κ2) is 7.00. The fourth-order valence-electron chi connectivity index (χ4n) is 2.12. The lowest BCUT2D eigenvalue weighted by atomic mass is 10.1. The van der Waals surface area contributed by atoms with E-state index in [4.69, 9.17) is 4.98 Å². The lowest BCUT2D eigenvalue weighted by Crippen LogP contribution is -2.19. The lowest BCUT2D eigenvalue weighted by Gasteiger charge is -2.08. The van der Waals surface area contributed by atoms with Gasteiger partial charge in [0.2, 0.25) is 0 Å². The Morgan fingerprint density at radius 3 is 2.40 bits per heavy atom. The molecular weight excluding hydrogens is 264 g/mol. The van der Waals surface area contributed by atoms with Crippen molar-refractivity contribution in [1.29, 1.82) is 0 Å². The maximum Gasteiger partial charge on any atom is 0.123 e. The van der Waals surface area contributed by atoms with Crippen LogP contribution in [0.2, 0.25) is 0 Å². The minimum atomic E-state index is 0.472. The average Bonchev–Trinajstić information content (AvgIpc) is 2.84. The van der Waals surface area contributed by atoms with Gasteiger partial charge in [0.25, 0.3) is 0 Å². The van der Waals surface area contributed by atoms with Crippen LogP contribution in [0.25, 0.3) is 10.6 Å². The largest absolute Gasteiger partial charge is 0.312 e. The van der Waals surface area contributed by atoms with Gasteiger partial charge in [-0.1, -0.05) is 58.0 Å². The molecular formula is C17H24N2S. The Bertz CT molecular complexity index is 529. The Kier molecular flexibility index (Phi) is 5.32. The number of benzene rings is 1. The Morgan fingerprint density at radius 1 is 1.10 bits per heavy atom. The van der Waals surface area contributed by atoms with Crippen LogP contribution in [0.3, 0.4) is 0 Å². The van der Waals surface area contributed by atoms with E-state index in [1.807, 2.05) is 17.4 Å². The molecule has 1 N–H and O–H groups in total. The fourth-order valence-corrected chi connectivity index (χ4v) is 3.31. The van der Waals surface area contributed by atoms with Gasteiger partial charge < -0.3 is 5.32 Å². The van der Waals surface area contributed by atoms with Gasteiger partial charge in [0.05, 0.1) is 5.69 Å². The molecule has 2 rings (SSSR count). The van der Waals surface area contributed by atoms with Crippen molar-refractivity contribution in [3.8, 4) is 10.6 Å². The van der Waals surface area contributed by atoms with Crippen molar-refractivity contribution >= 4 is 11.3 Å². The highest BCUT2D eigenvalue weighted by molar-refractivity contribution is 7.15. The average molecular weight is 288 g/mol. The van der Waals surface area contributed by atoms with E-state index in [-0.39, 0.29) is 0 Å². The van der Waals surface area contributed by atoms with E-state index in [0.717, 1.165) is 18.1 Å². The van der Waals surface area contributed by atoms with Gasteiger partial charge in [-0.05, 0) is 18.4 Å². The van der Waals surface area contributed by atoms with Gasteiger partial charge in [0.15, 0.2) is 0 Å². The maximum atomic E-state index is 4.86. The van der Waals surface area contributed by atoms with Crippen LogP contribution in [0.15, 0.2) is 30.3 Å². The zero-order valence-electron chi connectivity index (χ0n) is 12.8. The highest BCUT2D eigenvalue weighted by atomic mass is 32.1. The molecule has 0 bridgehead atoms. The van der Waals surface area contributed by atoms with E-state index < -0.39 is 0 Å². The third-order valence-corrected chi connectivity index (χ3v) is 4.25. The quantitative estimate of drug-likeness (QED) is 0.835. The molecule has 0 aliphatic carbocycles. The normalized spacial score (nSPS) is 11.5. The molecule has 20 heavy (non-hydrogen) atoms. The molecule has 1 heterocycles. The van der Waals surface area contributed by atoms with E-state index in [1.54, 1.807) is 0 Å². The molecule has 1 aromatic heterocycles. The van der Waals surface area contributed by atoms with Crippen molar-refractivity contribution in [2.75, 3.05) is 6.54 Å². The van der Waals surface area contributed by atoms with Crippen LogP contribution in [0.4, 0.5) is 0 Å². The molecule has 0 amide bonds. The minimum absolute atomic E-state index is 0.472. The molecule has 0 fully saturated rings. The van der Waals surface area contributed by atoms with Crippen molar-refractivity contribution in [2.45, 2.75) is 40.2 Å². The summed E-state index contributed by atoms with van der Waals surface area (Å²) in [5.41, 5.74) is 2.46. The summed E-state index contributed by atoms with van der Waals surface area (Å²) in [6.45, 7) is 10.9. The SMILES string of the molecule is CC(C)CNCc1sc(-c2ccccc2)nc1C(C)C. The van der Waals surface area contributed by atoms with Crippen LogP contribution < -0.4 is 5.32 Å². The molecule has 0 unspecified atom stereocenters. The summed E-state index contributed by atoms with van der Waals surface area (Å²) in [6, 6.07) is 10.5. The standard InChI is InChI=1S/C17H24N2S/c1-12(2)10-18-11-15-16(13(3)4)19-17(20-15)14-8-6-5-7-9-14/h5-9,12-13,18H,10-11H2,1-4H3. The Hall–Kier alpha value is -1.19. The number of nitrogens with zero attached hydrogens (tertiary/aromatic N) is 1. The van der Waals surface area contributed by atoms with E-state index >= 15 is 0 Å². The third kappa shape index (κ3) is 3.90. The highest BCUT2D eigenvalue weighted by Crippen LogP contribution is 2.31. The summed E-state index contributed by atoms with van der Waals surface area (Å²) in [5.74, 6) is 1.15. The third-order valence-electron chi connectivity index (χ3n) is 3.13. The second-order valence-electron chi connectivity index (χ2n) is 5.87. The minimum Gasteiger partial charge on any atom is -0.312 e. The van der Waals surface area contributed by atoms with Gasteiger partial charge in [0.1, 0.15) is 5.01 Å². The van der Waals surface area contributed by atoms with Gasteiger partial charge in [-0.25, -0.2) is 4.98 Å². The fraction of sp³-hybridized carbons (Fsp3) is 0.471. The molecule has 108 valence electrons. The van der Waals surface area contributed by atoms with Gasteiger partial charge in [-0.3, -0.25) is 0 Å². The summed E-state index contributed by atoms with van der Waals surface area (Å²) >= 11 is 1.82. The summed E-state index contributed by atoms with van der Waals surface area (Å²) in [7, 11) is 0. The summed E-state index contributed by atoms with van der Waals surface area (Å²) in [6.07, 6.45) is 0. The van der Waals surface area contributed by atoms with Gasteiger partial charge in [-0.15, -0.1) is 11.3 Å². The molecule has 2 nitrogen and oxygen atoms in total. The van der Waals surface area contributed by atoms with E-state index in [1.165, 1.54) is 16.1 Å². The summed E-state index contributed by atoms with van der Waals surface area (Å²) in [4.78, 5) is 6.23. The molecule has 0 atom stereocenters. The molecule has 0 aliphatic rings. The van der Waals surface area contributed by atoms with Gasteiger partial charge in [-0.2, -0.15) is 0 Å². The van der Waals surface area contributed by atoms with Crippen molar-refractivity contribution in [3.05, 3.63) is 40.9 Å². The highest BCUT2D eigenvalue weighted by Gasteiger charge is 2.14. The topological polar surface area (TPSA) is 24.9 Å².